The maximum Gasteiger partial charge on any atom is 0.421 e. The van der Waals surface area contributed by atoms with Crippen molar-refractivity contribution in [3.8, 4) is 0 Å². The molecule has 1 aromatic rings. The predicted octanol–water partition coefficient (Wildman–Crippen LogP) is 2.50. The Morgan fingerprint density at radius 1 is 1.36 bits per heavy atom. The largest absolute Gasteiger partial charge is 0.421 e. The molecule has 0 aliphatic heterocycles. The van der Waals surface area contributed by atoms with Crippen molar-refractivity contribution in [1.29, 1.82) is 0 Å². The molecule has 1 unspecified atom stereocenters. The SMILES string of the molecule is CC(O)(c1ccc(Cl)nc1)C(F)(F)F. The number of hydrogen-bond acceptors (Lipinski definition) is 2. The molecule has 1 N–H and O–H groups in total. The van der Waals surface area contributed by atoms with E-state index in [-0.39, 0.29) is 10.7 Å². The second-order valence-corrected chi connectivity index (χ2v) is 3.33. The quantitative estimate of drug-likeness (QED) is 0.745. The van der Waals surface area contributed by atoms with Gasteiger partial charge in [0.1, 0.15) is 5.15 Å². The summed E-state index contributed by atoms with van der Waals surface area (Å²) in [5, 5.41) is 9.28. The summed E-state index contributed by atoms with van der Waals surface area (Å²) in [5.74, 6) is 0. The fraction of sp³-hybridized carbons (Fsp3) is 0.375. The van der Waals surface area contributed by atoms with Crippen molar-refractivity contribution in [1.82, 2.24) is 4.98 Å². The average molecular weight is 226 g/mol. The van der Waals surface area contributed by atoms with Gasteiger partial charge in [0.2, 0.25) is 0 Å². The number of hydrogen-bond donors (Lipinski definition) is 1. The zero-order valence-electron chi connectivity index (χ0n) is 7.14. The number of aromatic nitrogens is 1. The van der Waals surface area contributed by atoms with Crippen LogP contribution < -0.4 is 0 Å². The minimum atomic E-state index is -4.73. The van der Waals surface area contributed by atoms with Crippen LogP contribution in [0.5, 0.6) is 0 Å². The van der Waals surface area contributed by atoms with E-state index in [2.05, 4.69) is 4.98 Å². The number of halogens is 4. The number of pyridine rings is 1. The minimum absolute atomic E-state index is 0.0757. The molecular formula is C8H7ClF3NO. The third kappa shape index (κ3) is 1.99. The van der Waals surface area contributed by atoms with Crippen molar-refractivity contribution < 1.29 is 18.3 Å². The Bertz CT molecular complexity index is 320. The first-order valence-electron chi connectivity index (χ1n) is 3.66. The first kappa shape index (κ1) is 11.3. The van der Waals surface area contributed by atoms with E-state index in [1.807, 2.05) is 0 Å². The fourth-order valence-electron chi connectivity index (χ4n) is 0.827. The third-order valence-corrected chi connectivity index (χ3v) is 2.07. The van der Waals surface area contributed by atoms with Crippen molar-refractivity contribution in [2.45, 2.75) is 18.7 Å². The van der Waals surface area contributed by atoms with Crippen LogP contribution in [0.15, 0.2) is 18.3 Å². The van der Waals surface area contributed by atoms with Gasteiger partial charge in [-0.15, -0.1) is 0 Å². The predicted molar refractivity (Wildman–Crippen MR) is 44.9 cm³/mol. The van der Waals surface area contributed by atoms with E-state index >= 15 is 0 Å². The molecule has 0 aliphatic carbocycles. The van der Waals surface area contributed by atoms with Gasteiger partial charge in [-0.2, -0.15) is 13.2 Å². The van der Waals surface area contributed by atoms with Crippen LogP contribution in [0.1, 0.15) is 12.5 Å². The van der Waals surface area contributed by atoms with E-state index in [1.165, 1.54) is 6.07 Å². The van der Waals surface area contributed by atoms with E-state index in [0.717, 1.165) is 12.3 Å². The van der Waals surface area contributed by atoms with Gasteiger partial charge in [0.15, 0.2) is 5.60 Å². The van der Waals surface area contributed by atoms with Gasteiger partial charge in [0.05, 0.1) is 0 Å². The monoisotopic (exact) mass is 225 g/mol. The zero-order valence-corrected chi connectivity index (χ0v) is 7.89. The molecule has 0 saturated heterocycles. The van der Waals surface area contributed by atoms with Gasteiger partial charge in [0, 0.05) is 11.8 Å². The molecule has 0 radical (unpaired) electrons. The maximum atomic E-state index is 12.3. The molecule has 0 fully saturated rings. The van der Waals surface area contributed by atoms with Crippen LogP contribution in [0.4, 0.5) is 13.2 Å². The molecule has 2 nitrogen and oxygen atoms in total. The Labute approximate surface area is 83.3 Å². The van der Waals surface area contributed by atoms with Gasteiger partial charge < -0.3 is 5.11 Å². The van der Waals surface area contributed by atoms with E-state index in [1.54, 1.807) is 0 Å². The van der Waals surface area contributed by atoms with E-state index in [9.17, 15) is 18.3 Å². The Kier molecular flexibility index (Phi) is 2.74. The molecule has 14 heavy (non-hydrogen) atoms. The van der Waals surface area contributed by atoms with Gasteiger partial charge >= 0.3 is 6.18 Å². The molecule has 0 aromatic carbocycles. The molecule has 1 heterocycles. The molecule has 0 aliphatic rings. The molecule has 0 spiro atoms. The van der Waals surface area contributed by atoms with Crippen molar-refractivity contribution >= 4 is 11.6 Å². The summed E-state index contributed by atoms with van der Waals surface area (Å²) in [6, 6.07) is 2.28. The molecule has 1 rings (SSSR count). The maximum absolute atomic E-state index is 12.3. The van der Waals surface area contributed by atoms with E-state index < -0.39 is 11.8 Å². The summed E-state index contributed by atoms with van der Waals surface area (Å²) < 4.78 is 36.9. The molecule has 6 heteroatoms. The van der Waals surface area contributed by atoms with Crippen molar-refractivity contribution in [2.24, 2.45) is 0 Å². The number of alkyl halides is 3. The zero-order chi connectivity index (χ0) is 11.0. The van der Waals surface area contributed by atoms with Crippen LogP contribution in [0.25, 0.3) is 0 Å². The second-order valence-electron chi connectivity index (χ2n) is 2.94. The highest BCUT2D eigenvalue weighted by Crippen LogP contribution is 2.38. The molecular weight excluding hydrogens is 219 g/mol. The van der Waals surface area contributed by atoms with Crippen molar-refractivity contribution in [3.05, 3.63) is 29.0 Å². The molecule has 0 bridgehead atoms. The lowest BCUT2D eigenvalue weighted by atomic mass is 9.97. The van der Waals surface area contributed by atoms with Gasteiger partial charge in [0.25, 0.3) is 0 Å². The molecule has 0 saturated carbocycles. The van der Waals surface area contributed by atoms with Crippen LogP contribution in [-0.2, 0) is 5.60 Å². The summed E-state index contributed by atoms with van der Waals surface area (Å²) in [7, 11) is 0. The molecule has 78 valence electrons. The highest BCUT2D eigenvalue weighted by Gasteiger charge is 2.51. The standard InChI is InChI=1S/C8H7ClF3NO/c1-7(14,8(10,11)12)5-2-3-6(9)13-4-5/h2-4,14H,1H3. The average Bonchev–Trinajstić information content (AvgIpc) is 2.03. The van der Waals surface area contributed by atoms with E-state index in [4.69, 9.17) is 11.6 Å². The lowest BCUT2D eigenvalue weighted by Gasteiger charge is -2.26. The summed E-state index contributed by atoms with van der Waals surface area (Å²) in [4.78, 5) is 3.46. The topological polar surface area (TPSA) is 33.1 Å². The molecule has 1 aromatic heterocycles. The normalized spacial score (nSPS) is 16.4. The number of aliphatic hydroxyl groups is 1. The first-order valence-corrected chi connectivity index (χ1v) is 4.04. The smallest absolute Gasteiger partial charge is 0.376 e. The summed E-state index contributed by atoms with van der Waals surface area (Å²) in [6.07, 6.45) is -3.83. The Balaban J connectivity index is 3.10. The van der Waals surface area contributed by atoms with Crippen LogP contribution in [-0.4, -0.2) is 16.3 Å². The molecule has 0 amide bonds. The van der Waals surface area contributed by atoms with Crippen LogP contribution in [0.3, 0.4) is 0 Å². The van der Waals surface area contributed by atoms with E-state index in [0.29, 0.717) is 6.92 Å². The number of rotatable bonds is 1. The van der Waals surface area contributed by atoms with Crippen LogP contribution >= 0.6 is 11.6 Å². The lowest BCUT2D eigenvalue weighted by molar-refractivity contribution is -0.259. The van der Waals surface area contributed by atoms with Gasteiger partial charge in [-0.25, -0.2) is 4.98 Å². The Morgan fingerprint density at radius 2 is 1.93 bits per heavy atom. The Morgan fingerprint density at radius 3 is 2.29 bits per heavy atom. The van der Waals surface area contributed by atoms with Crippen LogP contribution in [0.2, 0.25) is 5.15 Å². The van der Waals surface area contributed by atoms with Gasteiger partial charge in [-0.1, -0.05) is 17.7 Å². The minimum Gasteiger partial charge on any atom is -0.376 e. The Hall–Kier alpha value is -0.810. The fourth-order valence-corrected chi connectivity index (χ4v) is 0.939. The summed E-state index contributed by atoms with van der Waals surface area (Å²) in [6.45, 7) is 0.665. The second kappa shape index (κ2) is 3.40. The molecule has 1 atom stereocenters. The van der Waals surface area contributed by atoms with Crippen molar-refractivity contribution in [3.63, 3.8) is 0 Å². The van der Waals surface area contributed by atoms with Gasteiger partial charge in [-0.3, -0.25) is 0 Å². The van der Waals surface area contributed by atoms with Crippen LogP contribution in [0, 0.1) is 0 Å². The summed E-state index contributed by atoms with van der Waals surface area (Å²) in [5.41, 5.74) is -3.24. The lowest BCUT2D eigenvalue weighted by Crippen LogP contribution is -2.39. The highest BCUT2D eigenvalue weighted by molar-refractivity contribution is 6.29. The highest BCUT2D eigenvalue weighted by atomic mass is 35.5. The summed E-state index contributed by atoms with van der Waals surface area (Å²) >= 11 is 5.40. The first-order chi connectivity index (χ1) is 6.25. The number of nitrogens with zero attached hydrogens (tertiary/aromatic N) is 1. The van der Waals surface area contributed by atoms with Gasteiger partial charge in [-0.05, 0) is 13.0 Å². The van der Waals surface area contributed by atoms with Crippen molar-refractivity contribution in [2.75, 3.05) is 0 Å². The third-order valence-electron chi connectivity index (χ3n) is 1.84.